The van der Waals surface area contributed by atoms with Gasteiger partial charge < -0.3 is 15.0 Å². The lowest BCUT2D eigenvalue weighted by molar-refractivity contribution is 0.439. The van der Waals surface area contributed by atoms with Gasteiger partial charge in [-0.15, -0.1) is 0 Å². The maximum Gasteiger partial charge on any atom is 0.276 e. The summed E-state index contributed by atoms with van der Waals surface area (Å²) in [5, 5.41) is 5.00. The molecule has 4 rings (SSSR count). The maximum atomic E-state index is 14.2. The first-order valence-corrected chi connectivity index (χ1v) is 9.36. The van der Waals surface area contributed by atoms with E-state index in [-0.39, 0.29) is 17.4 Å². The molecule has 2 N–H and O–H groups in total. The second-order valence-electron chi connectivity index (χ2n) is 7.34. The third-order valence-electron chi connectivity index (χ3n) is 4.83. The molecule has 154 valence electrons. The van der Waals surface area contributed by atoms with Crippen molar-refractivity contribution in [2.75, 3.05) is 5.73 Å². The van der Waals surface area contributed by atoms with Gasteiger partial charge in [-0.05, 0) is 44.2 Å². The molecule has 30 heavy (non-hydrogen) atoms. The first-order valence-electron chi connectivity index (χ1n) is 9.36. The molecule has 2 aromatic carbocycles. The average Bonchev–Trinajstić information content (AvgIpc) is 3.14. The number of pyridine rings is 1. The molecule has 0 fully saturated rings. The van der Waals surface area contributed by atoms with Gasteiger partial charge in [-0.25, -0.2) is 8.78 Å². The third-order valence-corrected chi connectivity index (χ3v) is 4.83. The molecule has 0 unspecified atom stereocenters. The van der Waals surface area contributed by atoms with Crippen LogP contribution in [0.15, 0.2) is 53.6 Å². The lowest BCUT2D eigenvalue weighted by Gasteiger charge is -2.15. The number of aryl methyl sites for hydroxylation is 1. The fourth-order valence-electron chi connectivity index (χ4n) is 3.39. The molecule has 4 aromatic rings. The lowest BCUT2D eigenvalue weighted by atomic mass is 10.0. The Labute approximate surface area is 171 Å². The Morgan fingerprint density at radius 3 is 2.50 bits per heavy atom. The number of aromatic nitrogens is 3. The Bertz CT molecular complexity index is 1320. The van der Waals surface area contributed by atoms with E-state index in [2.05, 4.69) is 5.10 Å². The molecule has 0 atom stereocenters. The summed E-state index contributed by atoms with van der Waals surface area (Å²) in [6.07, 6.45) is 3.29. The molecule has 0 aliphatic heterocycles. The molecule has 0 saturated heterocycles. The number of nitrogens with two attached hydrogens (primary N) is 1. The van der Waals surface area contributed by atoms with Crippen molar-refractivity contribution in [3.8, 4) is 22.6 Å². The minimum absolute atomic E-state index is 0.0182. The second-order valence-corrected chi connectivity index (χ2v) is 7.34. The van der Waals surface area contributed by atoms with Crippen LogP contribution in [0.1, 0.15) is 19.9 Å². The topological polar surface area (TPSA) is 75.1 Å². The number of ether oxygens (including phenoxy) is 1. The van der Waals surface area contributed by atoms with Gasteiger partial charge in [-0.3, -0.25) is 9.48 Å². The molecule has 2 heterocycles. The van der Waals surface area contributed by atoms with E-state index in [0.29, 0.717) is 33.5 Å². The summed E-state index contributed by atoms with van der Waals surface area (Å²) in [4.78, 5) is 12.8. The van der Waals surface area contributed by atoms with E-state index in [4.69, 9.17) is 10.5 Å². The van der Waals surface area contributed by atoms with E-state index in [1.807, 2.05) is 13.8 Å². The molecule has 0 radical (unpaired) electrons. The summed E-state index contributed by atoms with van der Waals surface area (Å²) >= 11 is 0. The Balaban J connectivity index is 1.95. The molecule has 0 aliphatic carbocycles. The van der Waals surface area contributed by atoms with Gasteiger partial charge >= 0.3 is 0 Å². The van der Waals surface area contributed by atoms with Crippen LogP contribution in [0.2, 0.25) is 0 Å². The van der Waals surface area contributed by atoms with Crippen LogP contribution in [-0.2, 0) is 7.05 Å². The van der Waals surface area contributed by atoms with Crippen molar-refractivity contribution in [1.29, 1.82) is 0 Å². The van der Waals surface area contributed by atoms with Crippen molar-refractivity contribution >= 4 is 16.6 Å². The van der Waals surface area contributed by atoms with E-state index in [1.54, 1.807) is 42.3 Å². The van der Waals surface area contributed by atoms with Crippen LogP contribution in [-0.4, -0.2) is 14.3 Å². The highest BCUT2D eigenvalue weighted by Gasteiger charge is 2.19. The summed E-state index contributed by atoms with van der Waals surface area (Å²) in [5.41, 5.74) is 7.95. The molecule has 0 amide bonds. The summed E-state index contributed by atoms with van der Waals surface area (Å²) < 4.78 is 36.3. The molecule has 8 heteroatoms. The smallest absolute Gasteiger partial charge is 0.276 e. The third kappa shape index (κ3) is 3.30. The number of nitrogen functional groups attached to an aromatic ring is 1. The highest BCUT2D eigenvalue weighted by atomic mass is 19.1. The SMILES string of the molecule is CC(C)n1ncc2c(-c3cc(N)ccc3Oc3ccc(F)cc3F)cn(C)c(=O)c21. The lowest BCUT2D eigenvalue weighted by Crippen LogP contribution is -2.20. The molecule has 6 nitrogen and oxygen atoms in total. The second kappa shape index (κ2) is 7.29. The number of benzene rings is 2. The predicted octanol–water partition coefficient (Wildman–Crippen LogP) is 4.64. The van der Waals surface area contributed by atoms with Crippen molar-refractivity contribution in [3.63, 3.8) is 0 Å². The zero-order valence-electron chi connectivity index (χ0n) is 16.7. The number of fused-ring (bicyclic) bond motifs is 1. The average molecular weight is 410 g/mol. The van der Waals surface area contributed by atoms with Crippen LogP contribution in [0.3, 0.4) is 0 Å². The zero-order valence-corrected chi connectivity index (χ0v) is 16.7. The molecule has 0 spiro atoms. The van der Waals surface area contributed by atoms with E-state index in [0.717, 1.165) is 12.1 Å². The van der Waals surface area contributed by atoms with E-state index in [1.165, 1.54) is 10.6 Å². The van der Waals surface area contributed by atoms with Gasteiger partial charge in [0.25, 0.3) is 5.56 Å². The quantitative estimate of drug-likeness (QED) is 0.498. The van der Waals surface area contributed by atoms with Crippen LogP contribution in [0.4, 0.5) is 14.5 Å². The summed E-state index contributed by atoms with van der Waals surface area (Å²) in [7, 11) is 1.65. The highest BCUT2D eigenvalue weighted by molar-refractivity contribution is 5.96. The van der Waals surface area contributed by atoms with Crippen LogP contribution >= 0.6 is 0 Å². The number of hydrogen-bond acceptors (Lipinski definition) is 4. The summed E-state index contributed by atoms with van der Waals surface area (Å²) in [6, 6.07) is 7.99. The minimum atomic E-state index is -0.823. The number of hydrogen-bond donors (Lipinski definition) is 1. The first-order chi connectivity index (χ1) is 14.3. The van der Waals surface area contributed by atoms with E-state index in [9.17, 15) is 13.6 Å². The molecular formula is C22H20F2N4O2. The van der Waals surface area contributed by atoms with Gasteiger partial charge in [0, 0.05) is 47.6 Å². The van der Waals surface area contributed by atoms with Crippen molar-refractivity contribution < 1.29 is 13.5 Å². The normalized spacial score (nSPS) is 11.4. The van der Waals surface area contributed by atoms with Crippen LogP contribution in [0.25, 0.3) is 22.0 Å². The fraction of sp³-hybridized carbons (Fsp3) is 0.182. The Morgan fingerprint density at radius 1 is 1.07 bits per heavy atom. The van der Waals surface area contributed by atoms with E-state index >= 15 is 0 Å². The van der Waals surface area contributed by atoms with Gasteiger partial charge in [0.15, 0.2) is 11.6 Å². The van der Waals surface area contributed by atoms with Crippen molar-refractivity contribution in [2.24, 2.45) is 7.05 Å². The number of halogens is 2. The molecular weight excluding hydrogens is 390 g/mol. The Morgan fingerprint density at radius 2 is 1.80 bits per heavy atom. The highest BCUT2D eigenvalue weighted by Crippen LogP contribution is 2.38. The number of anilines is 1. The van der Waals surface area contributed by atoms with Gasteiger partial charge in [-0.1, -0.05) is 0 Å². The van der Waals surface area contributed by atoms with Crippen LogP contribution < -0.4 is 16.0 Å². The zero-order chi connectivity index (χ0) is 21.6. The van der Waals surface area contributed by atoms with Gasteiger partial charge in [-0.2, -0.15) is 5.10 Å². The molecule has 0 aliphatic rings. The number of nitrogens with zero attached hydrogens (tertiary/aromatic N) is 3. The summed E-state index contributed by atoms with van der Waals surface area (Å²) in [5.74, 6) is -1.33. The Hall–Kier alpha value is -3.68. The van der Waals surface area contributed by atoms with E-state index < -0.39 is 11.6 Å². The fourth-order valence-corrected chi connectivity index (χ4v) is 3.39. The molecule has 0 saturated carbocycles. The predicted molar refractivity (Wildman–Crippen MR) is 112 cm³/mol. The minimum Gasteiger partial charge on any atom is -0.454 e. The largest absolute Gasteiger partial charge is 0.454 e. The van der Waals surface area contributed by atoms with Gasteiger partial charge in [0.1, 0.15) is 17.1 Å². The van der Waals surface area contributed by atoms with Gasteiger partial charge in [0.2, 0.25) is 0 Å². The standard InChI is InChI=1S/C22H20F2N4O2/c1-12(2)28-21-16(10-26-28)17(11-27(3)22(21)29)15-9-14(25)5-7-19(15)30-20-6-4-13(23)8-18(20)24/h4-12H,25H2,1-3H3. The van der Waals surface area contributed by atoms with Crippen LogP contribution in [0, 0.1) is 11.6 Å². The maximum absolute atomic E-state index is 14.2. The number of rotatable bonds is 4. The summed E-state index contributed by atoms with van der Waals surface area (Å²) in [6.45, 7) is 3.87. The monoisotopic (exact) mass is 410 g/mol. The van der Waals surface area contributed by atoms with Crippen molar-refractivity contribution in [3.05, 3.63) is 70.8 Å². The van der Waals surface area contributed by atoms with Crippen molar-refractivity contribution in [2.45, 2.75) is 19.9 Å². The van der Waals surface area contributed by atoms with Crippen LogP contribution in [0.5, 0.6) is 11.5 Å². The molecule has 0 bridgehead atoms. The van der Waals surface area contributed by atoms with Crippen molar-refractivity contribution in [1.82, 2.24) is 14.3 Å². The molecule has 2 aromatic heterocycles. The van der Waals surface area contributed by atoms with Gasteiger partial charge in [0.05, 0.1) is 6.20 Å². The first kappa shape index (κ1) is 19.6. The Kier molecular flexibility index (Phi) is 4.77.